The van der Waals surface area contributed by atoms with E-state index in [2.05, 4.69) is 22.9 Å². The molecule has 0 saturated carbocycles. The third kappa shape index (κ3) is 5.39. The predicted octanol–water partition coefficient (Wildman–Crippen LogP) is 5.55. The van der Waals surface area contributed by atoms with E-state index in [1.807, 2.05) is 19.1 Å². The van der Waals surface area contributed by atoms with Crippen LogP contribution in [0.15, 0.2) is 46.9 Å². The first kappa shape index (κ1) is 17.5. The maximum Gasteiger partial charge on any atom is 0.343 e. The molecule has 0 saturated heterocycles. The summed E-state index contributed by atoms with van der Waals surface area (Å²) in [5, 5.41) is 0. The van der Waals surface area contributed by atoms with Gasteiger partial charge in [-0.3, -0.25) is 0 Å². The second-order valence-electron chi connectivity index (χ2n) is 5.40. The lowest BCUT2D eigenvalue weighted by Gasteiger charge is -2.08. The zero-order valence-corrected chi connectivity index (χ0v) is 15.1. The van der Waals surface area contributed by atoms with Crippen molar-refractivity contribution in [2.24, 2.45) is 0 Å². The van der Waals surface area contributed by atoms with Crippen molar-refractivity contribution in [1.82, 2.24) is 0 Å². The highest BCUT2D eigenvalue weighted by Gasteiger charge is 2.11. The van der Waals surface area contributed by atoms with Gasteiger partial charge in [-0.05, 0) is 71.2 Å². The van der Waals surface area contributed by atoms with Gasteiger partial charge in [-0.25, -0.2) is 4.79 Å². The first-order valence-electron chi connectivity index (χ1n) is 7.81. The minimum absolute atomic E-state index is 0.382. The summed E-state index contributed by atoms with van der Waals surface area (Å²) in [6, 6.07) is 12.6. The molecule has 23 heavy (non-hydrogen) atoms. The summed E-state index contributed by atoms with van der Waals surface area (Å²) in [5.41, 5.74) is 1.60. The molecule has 0 aromatic heterocycles. The van der Waals surface area contributed by atoms with E-state index < -0.39 is 0 Å². The zero-order valence-electron chi connectivity index (χ0n) is 13.5. The van der Waals surface area contributed by atoms with Crippen LogP contribution in [0.3, 0.4) is 0 Å². The largest absolute Gasteiger partial charge is 0.494 e. The monoisotopic (exact) mass is 376 g/mol. The molecule has 0 amide bonds. The summed E-state index contributed by atoms with van der Waals surface area (Å²) >= 11 is 3.40. The number of halogens is 1. The third-order valence-electron chi connectivity index (χ3n) is 3.40. The van der Waals surface area contributed by atoms with E-state index in [4.69, 9.17) is 9.47 Å². The molecule has 0 spiro atoms. The summed E-state index contributed by atoms with van der Waals surface area (Å²) < 4.78 is 11.8. The van der Waals surface area contributed by atoms with Gasteiger partial charge in [-0.1, -0.05) is 25.8 Å². The highest BCUT2D eigenvalue weighted by atomic mass is 79.9. The second kappa shape index (κ2) is 8.73. The first-order chi connectivity index (χ1) is 11.1. The lowest BCUT2D eigenvalue weighted by Crippen LogP contribution is -2.09. The molecule has 0 aliphatic carbocycles. The van der Waals surface area contributed by atoms with Gasteiger partial charge >= 0.3 is 5.97 Å². The molecular formula is C19H21BrO3. The summed E-state index contributed by atoms with van der Waals surface area (Å²) in [4.78, 5) is 12.2. The number of ether oxygens (including phenoxy) is 2. The van der Waals surface area contributed by atoms with Crippen LogP contribution >= 0.6 is 15.9 Å². The van der Waals surface area contributed by atoms with Crippen molar-refractivity contribution < 1.29 is 14.3 Å². The van der Waals surface area contributed by atoms with Gasteiger partial charge in [0, 0.05) is 0 Å². The van der Waals surface area contributed by atoms with Gasteiger partial charge in [-0.2, -0.15) is 0 Å². The Kier molecular flexibility index (Phi) is 6.66. The van der Waals surface area contributed by atoms with Gasteiger partial charge in [0.05, 0.1) is 16.6 Å². The van der Waals surface area contributed by atoms with E-state index in [1.54, 1.807) is 30.3 Å². The normalized spacial score (nSPS) is 10.4. The van der Waals surface area contributed by atoms with Crippen LogP contribution in [0.1, 0.15) is 42.1 Å². The van der Waals surface area contributed by atoms with Crippen molar-refractivity contribution in [1.29, 1.82) is 0 Å². The Labute approximate surface area is 145 Å². The lowest BCUT2D eigenvalue weighted by molar-refractivity contribution is 0.0733. The minimum atomic E-state index is -0.382. The van der Waals surface area contributed by atoms with Crippen molar-refractivity contribution in [2.75, 3.05) is 6.61 Å². The van der Waals surface area contributed by atoms with Crippen LogP contribution in [0.5, 0.6) is 11.5 Å². The standard InChI is InChI=1S/C19H21BrO3/c1-3-4-5-12-22-16-9-7-15(8-10-16)19(21)23-18-11-6-14(2)13-17(18)20/h6-11,13H,3-5,12H2,1-2H3. The molecule has 2 rings (SSSR count). The molecule has 0 unspecified atom stereocenters. The Morgan fingerprint density at radius 2 is 1.83 bits per heavy atom. The number of benzene rings is 2. The second-order valence-corrected chi connectivity index (χ2v) is 6.26. The van der Waals surface area contributed by atoms with Gasteiger partial charge in [-0.15, -0.1) is 0 Å². The van der Waals surface area contributed by atoms with E-state index in [9.17, 15) is 4.79 Å². The van der Waals surface area contributed by atoms with Crippen molar-refractivity contribution in [3.8, 4) is 11.5 Å². The maximum atomic E-state index is 12.2. The number of esters is 1. The number of unbranched alkanes of at least 4 members (excludes halogenated alkanes) is 2. The Bertz CT molecular complexity index is 650. The summed E-state index contributed by atoms with van der Waals surface area (Å²) in [7, 11) is 0. The fourth-order valence-electron chi connectivity index (χ4n) is 2.08. The van der Waals surface area contributed by atoms with E-state index >= 15 is 0 Å². The molecule has 0 atom stereocenters. The molecular weight excluding hydrogens is 356 g/mol. The zero-order chi connectivity index (χ0) is 16.7. The molecule has 0 fully saturated rings. The molecule has 2 aromatic rings. The molecule has 0 radical (unpaired) electrons. The topological polar surface area (TPSA) is 35.5 Å². The number of rotatable bonds is 7. The highest BCUT2D eigenvalue weighted by Crippen LogP contribution is 2.26. The van der Waals surface area contributed by atoms with Crippen molar-refractivity contribution in [3.63, 3.8) is 0 Å². The Morgan fingerprint density at radius 1 is 1.09 bits per heavy atom. The van der Waals surface area contributed by atoms with Crippen LogP contribution in [-0.4, -0.2) is 12.6 Å². The van der Waals surface area contributed by atoms with Gasteiger partial charge in [0.15, 0.2) is 0 Å². The minimum Gasteiger partial charge on any atom is -0.494 e. The molecule has 3 nitrogen and oxygen atoms in total. The average Bonchev–Trinajstić information content (AvgIpc) is 2.55. The first-order valence-corrected chi connectivity index (χ1v) is 8.60. The molecule has 4 heteroatoms. The quantitative estimate of drug-likeness (QED) is 0.361. The van der Waals surface area contributed by atoms with Crippen LogP contribution in [0, 0.1) is 6.92 Å². The van der Waals surface area contributed by atoms with Crippen molar-refractivity contribution in [3.05, 3.63) is 58.1 Å². The van der Waals surface area contributed by atoms with Crippen LogP contribution in [0.25, 0.3) is 0 Å². The van der Waals surface area contributed by atoms with Crippen LogP contribution in [-0.2, 0) is 0 Å². The van der Waals surface area contributed by atoms with Crippen molar-refractivity contribution >= 4 is 21.9 Å². The highest BCUT2D eigenvalue weighted by molar-refractivity contribution is 9.10. The molecule has 0 heterocycles. The number of aryl methyl sites for hydroxylation is 1. The summed E-state index contributed by atoms with van der Waals surface area (Å²) in [6.07, 6.45) is 3.38. The molecule has 0 aliphatic heterocycles. The number of hydrogen-bond acceptors (Lipinski definition) is 3. The Morgan fingerprint density at radius 3 is 2.48 bits per heavy atom. The van der Waals surface area contributed by atoms with E-state index in [-0.39, 0.29) is 5.97 Å². The number of carbonyl (C=O) groups excluding carboxylic acids is 1. The van der Waals surface area contributed by atoms with Gasteiger partial charge in [0.2, 0.25) is 0 Å². The summed E-state index contributed by atoms with van der Waals surface area (Å²) in [6.45, 7) is 4.84. The fourth-order valence-corrected chi connectivity index (χ4v) is 2.65. The molecule has 2 aromatic carbocycles. The predicted molar refractivity (Wildman–Crippen MR) is 95.3 cm³/mol. The van der Waals surface area contributed by atoms with E-state index in [1.165, 1.54) is 6.42 Å². The maximum absolute atomic E-state index is 12.2. The molecule has 122 valence electrons. The summed E-state index contributed by atoms with van der Waals surface area (Å²) in [5.74, 6) is 0.904. The third-order valence-corrected chi connectivity index (χ3v) is 4.02. The van der Waals surface area contributed by atoms with E-state index in [0.29, 0.717) is 17.9 Å². The molecule has 0 N–H and O–H groups in total. The van der Waals surface area contributed by atoms with E-state index in [0.717, 1.165) is 28.6 Å². The Balaban J connectivity index is 1.94. The van der Waals surface area contributed by atoms with Gasteiger partial charge in [0.25, 0.3) is 0 Å². The number of hydrogen-bond donors (Lipinski definition) is 0. The van der Waals surface area contributed by atoms with Crippen LogP contribution in [0.4, 0.5) is 0 Å². The van der Waals surface area contributed by atoms with Gasteiger partial charge in [0.1, 0.15) is 11.5 Å². The number of carbonyl (C=O) groups is 1. The SMILES string of the molecule is CCCCCOc1ccc(C(=O)Oc2ccc(C)cc2Br)cc1. The van der Waals surface area contributed by atoms with Gasteiger partial charge < -0.3 is 9.47 Å². The average molecular weight is 377 g/mol. The van der Waals surface area contributed by atoms with Crippen LogP contribution < -0.4 is 9.47 Å². The fraction of sp³-hybridized carbons (Fsp3) is 0.316. The molecule has 0 aliphatic rings. The van der Waals surface area contributed by atoms with Crippen molar-refractivity contribution in [2.45, 2.75) is 33.1 Å². The lowest BCUT2D eigenvalue weighted by atomic mass is 10.2. The van der Waals surface area contributed by atoms with Crippen LogP contribution in [0.2, 0.25) is 0 Å². The Hall–Kier alpha value is -1.81. The molecule has 0 bridgehead atoms. The smallest absolute Gasteiger partial charge is 0.343 e.